The predicted molar refractivity (Wildman–Crippen MR) is 61.9 cm³/mol. The molecule has 0 aliphatic carbocycles. The van der Waals surface area contributed by atoms with Gasteiger partial charge >= 0.3 is 0 Å². The lowest BCUT2D eigenvalue weighted by Crippen LogP contribution is -2.15. The first-order valence-corrected chi connectivity index (χ1v) is 5.16. The molecule has 1 atom stereocenters. The van der Waals surface area contributed by atoms with Gasteiger partial charge in [-0.25, -0.2) is 0 Å². The predicted octanol–water partition coefficient (Wildman–Crippen LogP) is 3.55. The van der Waals surface area contributed by atoms with Crippen molar-refractivity contribution < 1.29 is 0 Å². The quantitative estimate of drug-likeness (QED) is 0.731. The Bertz CT molecular complexity index is 377. The van der Waals surface area contributed by atoms with Gasteiger partial charge in [-0.3, -0.25) is 4.99 Å². The number of halogens is 2. The molecule has 74 valence electrons. The van der Waals surface area contributed by atoms with Crippen LogP contribution in [0.4, 0.5) is 5.69 Å². The lowest BCUT2D eigenvalue weighted by molar-refractivity contribution is 0.662. The van der Waals surface area contributed by atoms with Crippen LogP contribution in [-0.4, -0.2) is 13.3 Å². The van der Waals surface area contributed by atoms with Crippen molar-refractivity contribution in [3.63, 3.8) is 0 Å². The number of nitrogens with one attached hydrogen (secondary N) is 1. The van der Waals surface area contributed by atoms with Crippen molar-refractivity contribution in [3.8, 4) is 0 Å². The van der Waals surface area contributed by atoms with Crippen molar-refractivity contribution in [1.29, 1.82) is 0 Å². The molecule has 0 saturated carbocycles. The van der Waals surface area contributed by atoms with E-state index >= 15 is 0 Å². The summed E-state index contributed by atoms with van der Waals surface area (Å²) in [5.74, 6) is 0. The van der Waals surface area contributed by atoms with Crippen LogP contribution in [0.15, 0.2) is 17.1 Å². The molecule has 1 aromatic carbocycles. The number of fused-ring (bicyclic) bond motifs is 1. The third-order valence-electron chi connectivity index (χ3n) is 2.38. The zero-order valence-corrected chi connectivity index (χ0v) is 9.07. The Morgan fingerprint density at radius 2 is 2.21 bits per heavy atom. The fraction of sp³-hybridized carbons (Fsp3) is 0.300. The highest BCUT2D eigenvalue weighted by molar-refractivity contribution is 6.36. The van der Waals surface area contributed by atoms with Gasteiger partial charge in [-0.2, -0.15) is 0 Å². The van der Waals surface area contributed by atoms with Crippen molar-refractivity contribution >= 4 is 35.6 Å². The lowest BCUT2D eigenvalue weighted by Gasteiger charge is -2.24. The summed E-state index contributed by atoms with van der Waals surface area (Å²) in [6.07, 6.45) is 0.938. The third-order valence-corrected chi connectivity index (χ3v) is 2.90. The molecule has 1 unspecified atom stereocenters. The monoisotopic (exact) mass is 228 g/mol. The molecule has 1 aliphatic heterocycles. The Labute approximate surface area is 92.9 Å². The fourth-order valence-electron chi connectivity index (χ4n) is 1.72. The number of anilines is 1. The second kappa shape index (κ2) is 3.79. The molecular weight excluding hydrogens is 219 g/mol. The zero-order chi connectivity index (χ0) is 10.1. The normalized spacial score (nSPS) is 19.7. The van der Waals surface area contributed by atoms with Crippen LogP contribution in [0.25, 0.3) is 0 Å². The first-order chi connectivity index (χ1) is 6.72. The van der Waals surface area contributed by atoms with Gasteiger partial charge in [0, 0.05) is 17.1 Å². The minimum atomic E-state index is 0.113. The van der Waals surface area contributed by atoms with E-state index in [4.69, 9.17) is 23.2 Å². The molecule has 2 rings (SSSR count). The highest BCUT2D eigenvalue weighted by Gasteiger charge is 2.21. The third kappa shape index (κ3) is 1.60. The molecule has 0 amide bonds. The molecule has 0 spiro atoms. The minimum Gasteiger partial charge on any atom is -0.383 e. The van der Waals surface area contributed by atoms with E-state index in [1.165, 1.54) is 0 Å². The Hall–Kier alpha value is -0.730. The van der Waals surface area contributed by atoms with Crippen molar-refractivity contribution in [2.45, 2.75) is 12.5 Å². The van der Waals surface area contributed by atoms with Gasteiger partial charge in [0.25, 0.3) is 0 Å². The summed E-state index contributed by atoms with van der Waals surface area (Å²) >= 11 is 12.0. The van der Waals surface area contributed by atoms with Crippen LogP contribution >= 0.6 is 23.2 Å². The number of nitrogens with zero attached hydrogens (tertiary/aromatic N) is 1. The molecule has 4 heteroatoms. The van der Waals surface area contributed by atoms with E-state index in [0.717, 1.165) is 24.2 Å². The standard InChI is InChI=1S/C10H10Cl2N2/c1-13-9-2-3-14-10-7(9)4-6(11)5-8(10)12/h4-5,9,14H,1-3H2. The highest BCUT2D eigenvalue weighted by atomic mass is 35.5. The molecule has 1 aliphatic rings. The fourth-order valence-corrected chi connectivity index (χ4v) is 2.30. The van der Waals surface area contributed by atoms with Gasteiger partial charge in [-0.05, 0) is 25.3 Å². The first-order valence-electron chi connectivity index (χ1n) is 4.41. The summed E-state index contributed by atoms with van der Waals surface area (Å²) < 4.78 is 0. The molecule has 1 N–H and O–H groups in total. The molecule has 1 aromatic rings. The van der Waals surface area contributed by atoms with E-state index in [0.29, 0.717) is 10.0 Å². The average molecular weight is 229 g/mol. The van der Waals surface area contributed by atoms with Crippen LogP contribution in [0.3, 0.4) is 0 Å². The largest absolute Gasteiger partial charge is 0.383 e. The van der Waals surface area contributed by atoms with E-state index in [-0.39, 0.29) is 6.04 Å². The van der Waals surface area contributed by atoms with E-state index in [9.17, 15) is 0 Å². The molecular formula is C10H10Cl2N2. The molecule has 0 aromatic heterocycles. The highest BCUT2D eigenvalue weighted by Crippen LogP contribution is 2.39. The average Bonchev–Trinajstić information content (AvgIpc) is 2.17. The number of benzene rings is 1. The van der Waals surface area contributed by atoms with Gasteiger partial charge in [0.15, 0.2) is 0 Å². The maximum Gasteiger partial charge on any atom is 0.0779 e. The summed E-state index contributed by atoms with van der Waals surface area (Å²) in [5.41, 5.74) is 1.99. The maximum atomic E-state index is 6.06. The van der Waals surface area contributed by atoms with Crippen LogP contribution in [0.5, 0.6) is 0 Å². The number of hydrogen-bond donors (Lipinski definition) is 1. The molecule has 0 saturated heterocycles. The molecule has 0 fully saturated rings. The van der Waals surface area contributed by atoms with Crippen LogP contribution < -0.4 is 5.32 Å². The molecule has 0 radical (unpaired) electrons. The van der Waals surface area contributed by atoms with Crippen molar-refractivity contribution in [2.75, 3.05) is 11.9 Å². The Morgan fingerprint density at radius 1 is 1.43 bits per heavy atom. The first kappa shape index (κ1) is 9.81. The topological polar surface area (TPSA) is 24.4 Å². The number of hydrogen-bond acceptors (Lipinski definition) is 2. The molecule has 1 heterocycles. The summed E-state index contributed by atoms with van der Waals surface area (Å²) in [4.78, 5) is 4.06. The van der Waals surface area contributed by atoms with Crippen molar-refractivity contribution in [3.05, 3.63) is 27.7 Å². The van der Waals surface area contributed by atoms with Crippen LogP contribution in [-0.2, 0) is 0 Å². The van der Waals surface area contributed by atoms with Crippen LogP contribution in [0, 0.1) is 0 Å². The van der Waals surface area contributed by atoms with Gasteiger partial charge < -0.3 is 5.32 Å². The second-order valence-electron chi connectivity index (χ2n) is 3.27. The lowest BCUT2D eigenvalue weighted by atomic mass is 9.98. The number of rotatable bonds is 1. The van der Waals surface area contributed by atoms with E-state index in [1.807, 2.05) is 6.07 Å². The summed E-state index contributed by atoms with van der Waals surface area (Å²) in [6.45, 7) is 4.45. The smallest absolute Gasteiger partial charge is 0.0779 e. The van der Waals surface area contributed by atoms with Crippen molar-refractivity contribution in [1.82, 2.24) is 0 Å². The van der Waals surface area contributed by atoms with Gasteiger partial charge in [0.1, 0.15) is 0 Å². The molecule has 14 heavy (non-hydrogen) atoms. The molecule has 0 bridgehead atoms. The maximum absolute atomic E-state index is 6.06. The van der Waals surface area contributed by atoms with Crippen molar-refractivity contribution in [2.24, 2.45) is 4.99 Å². The van der Waals surface area contributed by atoms with Gasteiger partial charge in [-0.1, -0.05) is 23.2 Å². The Morgan fingerprint density at radius 3 is 2.93 bits per heavy atom. The van der Waals surface area contributed by atoms with Crippen LogP contribution in [0.1, 0.15) is 18.0 Å². The van der Waals surface area contributed by atoms with Gasteiger partial charge in [0.2, 0.25) is 0 Å². The summed E-state index contributed by atoms with van der Waals surface area (Å²) in [5, 5.41) is 4.54. The van der Waals surface area contributed by atoms with Gasteiger partial charge in [0.05, 0.1) is 16.8 Å². The van der Waals surface area contributed by atoms with E-state index in [1.54, 1.807) is 6.07 Å². The number of aliphatic imine (C=N–C) groups is 1. The Kier molecular flexibility index (Phi) is 2.66. The summed E-state index contributed by atoms with van der Waals surface area (Å²) in [7, 11) is 0. The van der Waals surface area contributed by atoms with E-state index in [2.05, 4.69) is 17.0 Å². The zero-order valence-electron chi connectivity index (χ0n) is 7.56. The summed E-state index contributed by atoms with van der Waals surface area (Å²) in [6, 6.07) is 3.75. The Balaban J connectivity index is 2.56. The van der Waals surface area contributed by atoms with E-state index < -0.39 is 0 Å². The van der Waals surface area contributed by atoms with Crippen LogP contribution in [0.2, 0.25) is 10.0 Å². The van der Waals surface area contributed by atoms with Gasteiger partial charge in [-0.15, -0.1) is 0 Å². The second-order valence-corrected chi connectivity index (χ2v) is 4.11. The SMILES string of the molecule is C=NC1CCNc2c(Cl)cc(Cl)cc21. The molecule has 2 nitrogen and oxygen atoms in total. The minimum absolute atomic E-state index is 0.113.